The molecule has 0 saturated carbocycles. The molecule has 5 N–H and O–H groups in total. The Balaban J connectivity index is 1.91. The van der Waals surface area contributed by atoms with Crippen LogP contribution in [0.1, 0.15) is 0 Å². The van der Waals surface area contributed by atoms with Gasteiger partial charge in [-0.3, -0.25) is 14.6 Å². The van der Waals surface area contributed by atoms with Gasteiger partial charge in [0.25, 0.3) is 5.91 Å². The zero-order valence-electron chi connectivity index (χ0n) is 13.1. The second-order valence-electron chi connectivity index (χ2n) is 5.55. The van der Waals surface area contributed by atoms with E-state index in [4.69, 9.17) is 10.8 Å². The second-order valence-corrected chi connectivity index (χ2v) is 6.47. The molecule has 4 rings (SSSR count). The molecule has 0 unspecified atom stereocenters. The van der Waals surface area contributed by atoms with Crippen LogP contribution in [-0.4, -0.2) is 26.8 Å². The molecule has 0 spiro atoms. The molecule has 0 saturated heterocycles. The van der Waals surface area contributed by atoms with Crippen molar-refractivity contribution < 1.29 is 4.79 Å². The summed E-state index contributed by atoms with van der Waals surface area (Å²) < 4.78 is 2.82. The SMILES string of the molecule is NNC(=O)CNc1c(-c2c[nH]c3ccccc23)nc2ccc(Br)cn12. The summed E-state index contributed by atoms with van der Waals surface area (Å²) in [6, 6.07) is 11.9. The number of rotatable bonds is 4. The number of anilines is 1. The van der Waals surface area contributed by atoms with Gasteiger partial charge in [-0.25, -0.2) is 10.8 Å². The highest BCUT2D eigenvalue weighted by Crippen LogP contribution is 2.34. The smallest absolute Gasteiger partial charge is 0.253 e. The van der Waals surface area contributed by atoms with E-state index in [-0.39, 0.29) is 12.5 Å². The summed E-state index contributed by atoms with van der Waals surface area (Å²) in [5.41, 5.74) is 5.66. The van der Waals surface area contributed by atoms with Gasteiger partial charge < -0.3 is 10.3 Å². The zero-order valence-corrected chi connectivity index (χ0v) is 14.7. The van der Waals surface area contributed by atoms with Crippen molar-refractivity contribution in [1.29, 1.82) is 0 Å². The molecule has 3 aromatic heterocycles. The summed E-state index contributed by atoms with van der Waals surface area (Å²) in [5, 5.41) is 4.21. The Hall–Kier alpha value is -2.84. The molecule has 126 valence electrons. The quantitative estimate of drug-likeness (QED) is 0.241. The van der Waals surface area contributed by atoms with Crippen molar-refractivity contribution in [2.75, 3.05) is 11.9 Å². The molecule has 0 aliphatic heterocycles. The van der Waals surface area contributed by atoms with Gasteiger partial charge in [0.05, 0.1) is 6.54 Å². The maximum Gasteiger partial charge on any atom is 0.253 e. The molecule has 0 fully saturated rings. The third kappa shape index (κ3) is 2.75. The lowest BCUT2D eigenvalue weighted by atomic mass is 10.1. The number of imidazole rings is 1. The summed E-state index contributed by atoms with van der Waals surface area (Å²) in [7, 11) is 0. The lowest BCUT2D eigenvalue weighted by molar-refractivity contribution is -0.119. The second kappa shape index (κ2) is 6.23. The van der Waals surface area contributed by atoms with E-state index in [1.54, 1.807) is 0 Å². The fourth-order valence-corrected chi connectivity index (χ4v) is 3.19. The number of halogens is 1. The van der Waals surface area contributed by atoms with Gasteiger partial charge in [0.15, 0.2) is 0 Å². The van der Waals surface area contributed by atoms with Crippen LogP contribution in [0.2, 0.25) is 0 Å². The van der Waals surface area contributed by atoms with Crippen molar-refractivity contribution in [3.8, 4) is 11.3 Å². The molecule has 1 aromatic carbocycles. The highest BCUT2D eigenvalue weighted by atomic mass is 79.9. The zero-order chi connectivity index (χ0) is 17.4. The number of hydrogen-bond donors (Lipinski definition) is 4. The number of benzene rings is 1. The number of nitrogens with zero attached hydrogens (tertiary/aromatic N) is 2. The summed E-state index contributed by atoms with van der Waals surface area (Å²) in [5.74, 6) is 5.60. The fourth-order valence-electron chi connectivity index (χ4n) is 2.86. The third-order valence-corrected chi connectivity index (χ3v) is 4.47. The predicted octanol–water partition coefficient (Wildman–Crippen LogP) is 2.65. The lowest BCUT2D eigenvalue weighted by Crippen LogP contribution is -2.35. The van der Waals surface area contributed by atoms with E-state index in [9.17, 15) is 4.79 Å². The minimum Gasteiger partial charge on any atom is -0.360 e. The number of nitrogens with two attached hydrogens (primary N) is 1. The normalized spacial score (nSPS) is 11.1. The molecule has 8 heteroatoms. The first-order valence-electron chi connectivity index (χ1n) is 7.65. The Kier molecular flexibility index (Phi) is 3.90. The van der Waals surface area contributed by atoms with Gasteiger partial charge >= 0.3 is 0 Å². The van der Waals surface area contributed by atoms with Crippen LogP contribution in [0.5, 0.6) is 0 Å². The number of nitrogens with one attached hydrogen (secondary N) is 3. The number of H-pyrrole nitrogens is 1. The van der Waals surface area contributed by atoms with Crippen LogP contribution in [0.3, 0.4) is 0 Å². The van der Waals surface area contributed by atoms with Crippen LogP contribution in [0.4, 0.5) is 5.82 Å². The Labute approximate surface area is 151 Å². The first-order valence-corrected chi connectivity index (χ1v) is 8.44. The molecular weight excluding hydrogens is 384 g/mol. The number of hydrazine groups is 1. The monoisotopic (exact) mass is 398 g/mol. The predicted molar refractivity (Wildman–Crippen MR) is 101 cm³/mol. The summed E-state index contributed by atoms with van der Waals surface area (Å²) in [4.78, 5) is 19.6. The number of aromatic nitrogens is 3. The average molecular weight is 399 g/mol. The van der Waals surface area contributed by atoms with E-state index in [0.29, 0.717) is 0 Å². The molecule has 4 aromatic rings. The number of fused-ring (bicyclic) bond motifs is 2. The lowest BCUT2D eigenvalue weighted by Gasteiger charge is -2.08. The first-order chi connectivity index (χ1) is 12.2. The Bertz CT molecular complexity index is 1080. The number of amides is 1. The van der Waals surface area contributed by atoms with Gasteiger partial charge in [-0.15, -0.1) is 0 Å². The van der Waals surface area contributed by atoms with Crippen molar-refractivity contribution in [1.82, 2.24) is 19.8 Å². The number of carbonyl (C=O) groups is 1. The minimum atomic E-state index is -0.310. The molecule has 0 aliphatic carbocycles. The van der Waals surface area contributed by atoms with Gasteiger partial charge in [0.1, 0.15) is 17.2 Å². The molecule has 0 atom stereocenters. The van der Waals surface area contributed by atoms with Crippen LogP contribution in [0.25, 0.3) is 27.8 Å². The Morgan fingerprint density at radius 2 is 2.12 bits per heavy atom. The summed E-state index contributed by atoms with van der Waals surface area (Å²) >= 11 is 3.48. The molecule has 0 aliphatic rings. The molecule has 0 bridgehead atoms. The van der Waals surface area contributed by atoms with E-state index >= 15 is 0 Å². The van der Waals surface area contributed by atoms with E-state index in [1.807, 2.05) is 53.2 Å². The number of hydrogen-bond acceptors (Lipinski definition) is 4. The van der Waals surface area contributed by atoms with Crippen LogP contribution in [0.15, 0.2) is 53.3 Å². The van der Waals surface area contributed by atoms with Crippen LogP contribution in [0, 0.1) is 0 Å². The number of pyridine rings is 1. The summed E-state index contributed by atoms with van der Waals surface area (Å²) in [6.45, 7) is 0.0478. The van der Waals surface area contributed by atoms with Crippen molar-refractivity contribution in [3.63, 3.8) is 0 Å². The molecular formula is C17H15BrN6O. The molecule has 0 radical (unpaired) electrons. The van der Waals surface area contributed by atoms with E-state index in [1.165, 1.54) is 0 Å². The maximum atomic E-state index is 11.6. The molecule has 3 heterocycles. The number of aromatic amines is 1. The highest BCUT2D eigenvalue weighted by Gasteiger charge is 2.18. The Morgan fingerprint density at radius 1 is 1.28 bits per heavy atom. The average Bonchev–Trinajstić information content (AvgIpc) is 3.20. The molecule has 7 nitrogen and oxygen atoms in total. The van der Waals surface area contributed by atoms with Gasteiger partial charge in [0.2, 0.25) is 0 Å². The standard InChI is InChI=1S/C17H15BrN6O/c18-10-5-6-14-22-16(12-7-20-13-4-2-1-3-11(12)13)17(24(14)9-10)21-8-15(25)23-19/h1-7,9,20-21H,8,19H2,(H,23,25). The largest absolute Gasteiger partial charge is 0.360 e. The van der Waals surface area contributed by atoms with Crippen molar-refractivity contribution in [2.24, 2.45) is 5.84 Å². The number of para-hydroxylation sites is 1. The van der Waals surface area contributed by atoms with E-state index in [2.05, 4.69) is 31.7 Å². The van der Waals surface area contributed by atoms with Crippen LogP contribution >= 0.6 is 15.9 Å². The third-order valence-electron chi connectivity index (χ3n) is 4.00. The van der Waals surface area contributed by atoms with Gasteiger partial charge in [-0.2, -0.15) is 0 Å². The minimum absolute atomic E-state index is 0.0478. The van der Waals surface area contributed by atoms with Crippen LogP contribution < -0.4 is 16.6 Å². The van der Waals surface area contributed by atoms with Crippen molar-refractivity contribution >= 4 is 44.2 Å². The van der Waals surface area contributed by atoms with Crippen molar-refractivity contribution in [3.05, 3.63) is 53.3 Å². The highest BCUT2D eigenvalue weighted by molar-refractivity contribution is 9.10. The first kappa shape index (κ1) is 15.7. The Morgan fingerprint density at radius 3 is 2.96 bits per heavy atom. The maximum absolute atomic E-state index is 11.6. The topological polar surface area (TPSA) is 100 Å². The van der Waals surface area contributed by atoms with Crippen molar-refractivity contribution in [2.45, 2.75) is 0 Å². The fraction of sp³-hybridized carbons (Fsp3) is 0.0588. The number of carbonyl (C=O) groups excluding carboxylic acids is 1. The van der Waals surface area contributed by atoms with Gasteiger partial charge in [0, 0.05) is 33.3 Å². The van der Waals surface area contributed by atoms with Crippen LogP contribution in [-0.2, 0) is 4.79 Å². The van der Waals surface area contributed by atoms with E-state index < -0.39 is 0 Å². The summed E-state index contributed by atoms with van der Waals surface area (Å²) in [6.07, 6.45) is 3.83. The van der Waals surface area contributed by atoms with E-state index in [0.717, 1.165) is 38.1 Å². The molecule has 1 amide bonds. The van der Waals surface area contributed by atoms with Gasteiger partial charge in [-0.05, 0) is 34.1 Å². The molecule has 25 heavy (non-hydrogen) atoms. The van der Waals surface area contributed by atoms with Gasteiger partial charge in [-0.1, -0.05) is 18.2 Å².